The van der Waals surface area contributed by atoms with Crippen LogP contribution in [0.3, 0.4) is 0 Å². The first kappa shape index (κ1) is 26.3. The van der Waals surface area contributed by atoms with Gasteiger partial charge < -0.3 is 29.1 Å². The van der Waals surface area contributed by atoms with E-state index < -0.39 is 14.7 Å². The second-order valence-corrected chi connectivity index (χ2v) is 9.63. The molecule has 36 heavy (non-hydrogen) atoms. The van der Waals surface area contributed by atoms with Gasteiger partial charge in [0.2, 0.25) is 0 Å². The van der Waals surface area contributed by atoms with Crippen LogP contribution in [-0.2, 0) is 0 Å². The van der Waals surface area contributed by atoms with Gasteiger partial charge in [0.05, 0.1) is 0 Å². The molecule has 1 aliphatic heterocycles. The molecule has 3 aromatic rings. The second kappa shape index (κ2) is 13.0. The molecule has 3 aromatic carbocycles. The minimum absolute atomic E-state index is 0.266. The highest BCUT2D eigenvalue weighted by Crippen LogP contribution is 2.36. The van der Waals surface area contributed by atoms with Crippen molar-refractivity contribution in [1.82, 2.24) is 4.90 Å². The zero-order valence-corrected chi connectivity index (χ0v) is 21.5. The SMILES string of the molecule is CCC(=C(c1ccc(OCC(O)CN2CCCC2)cc1)c1ccc(OP(O)O)cc1)c1ccccc1. The largest absolute Gasteiger partial charge is 0.491 e. The van der Waals surface area contributed by atoms with Crippen molar-refractivity contribution in [1.29, 1.82) is 0 Å². The number of rotatable bonds is 11. The summed E-state index contributed by atoms with van der Waals surface area (Å²) >= 11 is 0. The van der Waals surface area contributed by atoms with Crippen LogP contribution in [0.4, 0.5) is 0 Å². The zero-order valence-electron chi connectivity index (χ0n) is 20.6. The zero-order chi connectivity index (χ0) is 25.3. The van der Waals surface area contributed by atoms with E-state index >= 15 is 0 Å². The first-order valence-corrected chi connectivity index (χ1v) is 13.6. The summed E-state index contributed by atoms with van der Waals surface area (Å²) in [6, 6.07) is 25.6. The van der Waals surface area contributed by atoms with Gasteiger partial charge in [0.25, 0.3) is 0 Å². The molecule has 1 atom stereocenters. The monoisotopic (exact) mass is 507 g/mol. The van der Waals surface area contributed by atoms with E-state index in [2.05, 4.69) is 24.0 Å². The van der Waals surface area contributed by atoms with Crippen LogP contribution in [0.1, 0.15) is 42.9 Å². The van der Waals surface area contributed by atoms with Gasteiger partial charge in [0, 0.05) is 6.54 Å². The first-order valence-electron chi connectivity index (χ1n) is 12.4. The van der Waals surface area contributed by atoms with E-state index in [1.54, 1.807) is 12.1 Å². The number of aliphatic hydroxyl groups is 1. The van der Waals surface area contributed by atoms with E-state index in [1.807, 2.05) is 54.6 Å². The standard InChI is InChI=1S/C29H34NO5P/c1-2-28(22-8-4-3-5-9-22)29(24-12-16-27(17-13-24)35-36(32)33)23-10-14-26(15-11-23)34-21-25(31)20-30-18-6-7-19-30/h3-5,8-17,25,31-33H,2,6-7,18-21H2,1H3. The van der Waals surface area contributed by atoms with Crippen molar-refractivity contribution in [3.63, 3.8) is 0 Å². The second-order valence-electron chi connectivity index (χ2n) is 8.94. The smallest absolute Gasteiger partial charge is 0.391 e. The summed E-state index contributed by atoms with van der Waals surface area (Å²) in [7, 11) is -2.46. The number of allylic oxidation sites excluding steroid dienone is 1. The van der Waals surface area contributed by atoms with Gasteiger partial charge in [-0.3, -0.25) is 0 Å². The molecule has 0 amide bonds. The maximum absolute atomic E-state index is 10.4. The highest BCUT2D eigenvalue weighted by atomic mass is 31.2. The van der Waals surface area contributed by atoms with Gasteiger partial charge in [0.15, 0.2) is 0 Å². The van der Waals surface area contributed by atoms with Crippen LogP contribution in [0, 0.1) is 0 Å². The molecule has 0 aliphatic carbocycles. The minimum Gasteiger partial charge on any atom is -0.491 e. The Balaban J connectivity index is 1.58. The third-order valence-electron chi connectivity index (χ3n) is 6.36. The normalized spacial score (nSPS) is 15.6. The van der Waals surface area contributed by atoms with E-state index in [9.17, 15) is 14.9 Å². The molecule has 3 N–H and O–H groups in total. The van der Waals surface area contributed by atoms with Gasteiger partial charge in [-0.25, -0.2) is 0 Å². The van der Waals surface area contributed by atoms with Crippen LogP contribution in [0.2, 0.25) is 0 Å². The van der Waals surface area contributed by atoms with Crippen molar-refractivity contribution in [2.75, 3.05) is 26.2 Å². The fraction of sp³-hybridized carbons (Fsp3) is 0.310. The molecule has 1 heterocycles. The first-order chi connectivity index (χ1) is 17.5. The van der Waals surface area contributed by atoms with E-state index in [1.165, 1.54) is 18.4 Å². The number of nitrogens with zero attached hydrogens (tertiary/aromatic N) is 1. The summed E-state index contributed by atoms with van der Waals surface area (Å²) in [6.45, 7) is 5.16. The van der Waals surface area contributed by atoms with Crippen molar-refractivity contribution in [2.24, 2.45) is 0 Å². The highest BCUT2D eigenvalue weighted by Gasteiger charge is 2.17. The lowest BCUT2D eigenvalue weighted by Gasteiger charge is -2.20. The van der Waals surface area contributed by atoms with E-state index in [-0.39, 0.29) is 6.61 Å². The molecule has 1 fully saturated rings. The summed E-state index contributed by atoms with van der Waals surface area (Å²) in [6.07, 6.45) is 2.72. The summed E-state index contributed by atoms with van der Waals surface area (Å²) < 4.78 is 10.9. The Morgan fingerprint density at radius 2 is 1.42 bits per heavy atom. The molecule has 190 valence electrons. The lowest BCUT2D eigenvalue weighted by atomic mass is 9.88. The van der Waals surface area contributed by atoms with Gasteiger partial charge in [-0.15, -0.1) is 0 Å². The number of aliphatic hydroxyl groups excluding tert-OH is 1. The van der Waals surface area contributed by atoms with Crippen LogP contribution in [-0.4, -0.2) is 52.1 Å². The quantitative estimate of drug-likeness (QED) is 0.236. The third kappa shape index (κ3) is 7.16. The maximum Gasteiger partial charge on any atom is 0.391 e. The summed E-state index contributed by atoms with van der Waals surface area (Å²) in [5, 5.41) is 10.4. The van der Waals surface area contributed by atoms with Gasteiger partial charge >= 0.3 is 8.60 Å². The van der Waals surface area contributed by atoms with Crippen molar-refractivity contribution in [2.45, 2.75) is 32.3 Å². The van der Waals surface area contributed by atoms with Gasteiger partial charge in [-0.05, 0) is 84.5 Å². The van der Waals surface area contributed by atoms with Gasteiger partial charge in [-0.2, -0.15) is 0 Å². The molecule has 6 nitrogen and oxygen atoms in total. The van der Waals surface area contributed by atoms with E-state index in [0.29, 0.717) is 12.3 Å². The third-order valence-corrected chi connectivity index (χ3v) is 6.73. The van der Waals surface area contributed by atoms with Crippen molar-refractivity contribution >= 4 is 19.7 Å². The van der Waals surface area contributed by atoms with E-state index in [0.717, 1.165) is 47.5 Å². The molecule has 0 spiro atoms. The van der Waals surface area contributed by atoms with Gasteiger partial charge in [0.1, 0.15) is 24.2 Å². The molecule has 1 saturated heterocycles. The molecule has 0 aromatic heterocycles. The van der Waals surface area contributed by atoms with Crippen molar-refractivity contribution in [3.05, 3.63) is 95.6 Å². The Morgan fingerprint density at radius 1 is 0.833 bits per heavy atom. The molecule has 7 heteroatoms. The van der Waals surface area contributed by atoms with Crippen LogP contribution >= 0.6 is 8.60 Å². The maximum atomic E-state index is 10.4. The summed E-state index contributed by atoms with van der Waals surface area (Å²) in [5.41, 5.74) is 5.48. The van der Waals surface area contributed by atoms with E-state index in [4.69, 9.17) is 9.26 Å². The number of β-amino-alcohol motifs (C(OH)–C–C–N with tert-alkyl or cyclic N) is 1. The molecule has 0 bridgehead atoms. The van der Waals surface area contributed by atoms with Crippen molar-refractivity contribution in [3.8, 4) is 11.5 Å². The predicted molar refractivity (Wildman–Crippen MR) is 145 cm³/mol. The lowest BCUT2D eigenvalue weighted by Crippen LogP contribution is -2.33. The Morgan fingerprint density at radius 3 is 1.97 bits per heavy atom. The number of ether oxygens (including phenoxy) is 1. The van der Waals surface area contributed by atoms with Crippen LogP contribution in [0.5, 0.6) is 11.5 Å². The Kier molecular flexibility index (Phi) is 9.51. The molecule has 0 radical (unpaired) electrons. The predicted octanol–water partition coefficient (Wildman–Crippen LogP) is 5.48. The molecule has 1 aliphatic rings. The van der Waals surface area contributed by atoms with Gasteiger partial charge in [-0.1, -0.05) is 61.5 Å². The Hall–Kier alpha value is -2.73. The summed E-state index contributed by atoms with van der Waals surface area (Å²) in [4.78, 5) is 20.6. The molecule has 0 saturated carbocycles. The van der Waals surface area contributed by atoms with Crippen LogP contribution in [0.15, 0.2) is 78.9 Å². The summed E-state index contributed by atoms with van der Waals surface area (Å²) in [5.74, 6) is 1.13. The molecule has 4 rings (SSSR count). The van der Waals surface area contributed by atoms with Crippen molar-refractivity contribution < 1.29 is 24.2 Å². The lowest BCUT2D eigenvalue weighted by molar-refractivity contribution is 0.0758. The Bertz CT molecular complexity index is 1110. The number of likely N-dealkylation sites (tertiary alicyclic amines) is 1. The molecular formula is C29H34NO5P. The fourth-order valence-corrected chi connectivity index (χ4v) is 4.99. The number of hydrogen-bond donors (Lipinski definition) is 3. The highest BCUT2D eigenvalue weighted by molar-refractivity contribution is 7.39. The average molecular weight is 508 g/mol. The topological polar surface area (TPSA) is 82.4 Å². The van der Waals surface area contributed by atoms with Crippen LogP contribution in [0.25, 0.3) is 11.1 Å². The minimum atomic E-state index is -2.46. The number of hydrogen-bond acceptors (Lipinski definition) is 6. The fourth-order valence-electron chi connectivity index (χ4n) is 4.68. The molecular weight excluding hydrogens is 473 g/mol. The molecule has 1 unspecified atom stereocenters. The number of benzene rings is 3. The Labute approximate surface area is 214 Å². The average Bonchev–Trinajstić information content (AvgIpc) is 3.40. The van der Waals surface area contributed by atoms with Crippen LogP contribution < -0.4 is 9.26 Å².